The number of halogens is 3. The highest BCUT2D eigenvalue weighted by molar-refractivity contribution is 5.95. The molecule has 0 saturated carbocycles. The Morgan fingerprint density at radius 2 is 1.91 bits per heavy atom. The average Bonchev–Trinajstić information content (AvgIpc) is 2.84. The van der Waals surface area contributed by atoms with Crippen LogP contribution in [0.25, 0.3) is 0 Å². The Morgan fingerprint density at radius 1 is 1.23 bits per heavy atom. The number of amides is 1. The molecular formula is C14H19F3N2O3. The molecule has 0 fully saturated rings. The first-order valence-electron chi connectivity index (χ1n) is 6.84. The van der Waals surface area contributed by atoms with E-state index in [2.05, 4.69) is 10.1 Å². The van der Waals surface area contributed by atoms with Crippen LogP contribution in [0.3, 0.4) is 0 Å². The van der Waals surface area contributed by atoms with E-state index in [1.807, 2.05) is 0 Å². The Balaban J connectivity index is 2.42. The maximum atomic E-state index is 12.8. The van der Waals surface area contributed by atoms with E-state index in [0.717, 1.165) is 12.4 Å². The van der Waals surface area contributed by atoms with Crippen molar-refractivity contribution in [3.63, 3.8) is 0 Å². The number of nitrogens with zero attached hydrogens (tertiary/aromatic N) is 1. The zero-order valence-corrected chi connectivity index (χ0v) is 12.5. The van der Waals surface area contributed by atoms with Gasteiger partial charge in [-0.25, -0.2) is 0 Å². The van der Waals surface area contributed by atoms with E-state index in [0.29, 0.717) is 25.7 Å². The van der Waals surface area contributed by atoms with Gasteiger partial charge in [-0.3, -0.25) is 9.59 Å². The van der Waals surface area contributed by atoms with E-state index in [4.69, 9.17) is 0 Å². The Labute approximate surface area is 126 Å². The summed E-state index contributed by atoms with van der Waals surface area (Å²) in [4.78, 5) is 22.7. The van der Waals surface area contributed by atoms with Gasteiger partial charge in [0.25, 0.3) is 5.91 Å². The summed E-state index contributed by atoms with van der Waals surface area (Å²) in [6.07, 6.45) is -0.370. The van der Waals surface area contributed by atoms with Gasteiger partial charge in [-0.2, -0.15) is 13.2 Å². The van der Waals surface area contributed by atoms with Crippen LogP contribution in [0.2, 0.25) is 0 Å². The molecule has 0 unspecified atom stereocenters. The average molecular weight is 320 g/mol. The van der Waals surface area contributed by atoms with Crippen molar-refractivity contribution in [1.29, 1.82) is 0 Å². The number of rotatable bonds is 7. The van der Waals surface area contributed by atoms with Crippen LogP contribution in [0.4, 0.5) is 13.2 Å². The molecule has 1 heterocycles. The molecule has 0 saturated heterocycles. The number of carbonyl (C=O) groups excluding carboxylic acids is 2. The molecule has 0 atom stereocenters. The Morgan fingerprint density at radius 3 is 2.50 bits per heavy atom. The van der Waals surface area contributed by atoms with E-state index in [1.165, 1.54) is 18.7 Å². The van der Waals surface area contributed by atoms with Gasteiger partial charge >= 0.3 is 12.1 Å². The van der Waals surface area contributed by atoms with Crippen molar-refractivity contribution >= 4 is 11.9 Å². The predicted octanol–water partition coefficient (Wildman–Crippen LogP) is 2.51. The summed E-state index contributed by atoms with van der Waals surface area (Å²) in [6.45, 7) is 0.256. The van der Waals surface area contributed by atoms with Gasteiger partial charge in [0.1, 0.15) is 0 Å². The summed E-state index contributed by atoms with van der Waals surface area (Å²) in [5.41, 5.74) is -1.33. The third kappa shape index (κ3) is 5.42. The highest BCUT2D eigenvalue weighted by Gasteiger charge is 2.36. The molecule has 0 aliphatic heterocycles. The number of aromatic nitrogens is 1. The first kappa shape index (κ1) is 18.1. The van der Waals surface area contributed by atoms with E-state index in [1.54, 1.807) is 0 Å². The van der Waals surface area contributed by atoms with Crippen LogP contribution in [0.15, 0.2) is 12.4 Å². The second-order valence-corrected chi connectivity index (χ2v) is 4.89. The maximum Gasteiger partial charge on any atom is 0.418 e. The normalized spacial score (nSPS) is 11.3. The highest BCUT2D eigenvalue weighted by Crippen LogP contribution is 2.32. The molecule has 0 aromatic carbocycles. The van der Waals surface area contributed by atoms with Crippen molar-refractivity contribution < 1.29 is 27.5 Å². The third-order valence-corrected chi connectivity index (χ3v) is 3.08. The predicted molar refractivity (Wildman–Crippen MR) is 73.2 cm³/mol. The molecule has 1 amide bonds. The van der Waals surface area contributed by atoms with E-state index < -0.39 is 17.6 Å². The van der Waals surface area contributed by atoms with Gasteiger partial charge in [0.2, 0.25) is 0 Å². The van der Waals surface area contributed by atoms with Crippen LogP contribution in [0, 0.1) is 0 Å². The zero-order chi connectivity index (χ0) is 16.8. The third-order valence-electron chi connectivity index (χ3n) is 3.08. The maximum absolute atomic E-state index is 12.8. The minimum Gasteiger partial charge on any atom is -0.469 e. The first-order valence-corrected chi connectivity index (χ1v) is 6.84. The standard InChI is InChI=1S/C14H19F3N2O3/c1-19-8-10(11(9-19)14(15,16)17)13(21)18-7-5-3-4-6-12(20)22-2/h8-9H,3-7H2,1-2H3,(H,18,21). The van der Waals surface area contributed by atoms with Crippen LogP contribution in [-0.2, 0) is 22.8 Å². The lowest BCUT2D eigenvalue weighted by atomic mass is 10.1. The van der Waals surface area contributed by atoms with Crippen molar-refractivity contribution in [2.45, 2.75) is 31.9 Å². The second-order valence-electron chi connectivity index (χ2n) is 4.89. The van der Waals surface area contributed by atoms with Gasteiger partial charge in [0.15, 0.2) is 0 Å². The molecule has 0 spiro atoms. The lowest BCUT2D eigenvalue weighted by molar-refractivity contribution is -0.140. The smallest absolute Gasteiger partial charge is 0.418 e. The monoisotopic (exact) mass is 320 g/mol. The Hall–Kier alpha value is -1.99. The summed E-state index contributed by atoms with van der Waals surface area (Å²) < 4.78 is 44.0. The number of ether oxygens (including phenoxy) is 1. The SMILES string of the molecule is COC(=O)CCCCCNC(=O)c1cn(C)cc1C(F)(F)F. The van der Waals surface area contributed by atoms with Crippen LogP contribution in [-0.4, -0.2) is 30.1 Å². The van der Waals surface area contributed by atoms with Crippen molar-refractivity contribution in [3.05, 3.63) is 23.5 Å². The van der Waals surface area contributed by atoms with Crippen LogP contribution in [0.1, 0.15) is 41.6 Å². The zero-order valence-electron chi connectivity index (χ0n) is 12.5. The van der Waals surface area contributed by atoms with Crippen molar-refractivity contribution in [3.8, 4) is 0 Å². The number of nitrogens with one attached hydrogen (secondary N) is 1. The van der Waals surface area contributed by atoms with E-state index in [9.17, 15) is 22.8 Å². The fraction of sp³-hybridized carbons (Fsp3) is 0.571. The minimum absolute atomic E-state index is 0.256. The van der Waals surface area contributed by atoms with Gasteiger partial charge < -0.3 is 14.6 Å². The number of hydrogen-bond donors (Lipinski definition) is 1. The molecule has 22 heavy (non-hydrogen) atoms. The molecular weight excluding hydrogens is 301 g/mol. The molecule has 0 radical (unpaired) electrons. The lowest BCUT2D eigenvalue weighted by Gasteiger charge is -2.08. The molecule has 124 valence electrons. The van der Waals surface area contributed by atoms with Crippen LogP contribution in [0.5, 0.6) is 0 Å². The largest absolute Gasteiger partial charge is 0.469 e. The second kappa shape index (κ2) is 7.86. The molecule has 1 rings (SSSR count). The molecule has 0 bridgehead atoms. The number of aryl methyl sites for hydroxylation is 1. The molecule has 0 aliphatic carbocycles. The summed E-state index contributed by atoms with van der Waals surface area (Å²) in [6, 6.07) is 0. The van der Waals surface area contributed by atoms with Gasteiger partial charge in [0.05, 0.1) is 18.2 Å². The number of carbonyl (C=O) groups is 2. The number of methoxy groups -OCH3 is 1. The van der Waals surface area contributed by atoms with Crippen molar-refractivity contribution in [1.82, 2.24) is 9.88 Å². The highest BCUT2D eigenvalue weighted by atomic mass is 19.4. The number of alkyl halides is 3. The molecule has 1 aromatic rings. The molecule has 0 aliphatic rings. The first-order chi connectivity index (χ1) is 10.3. The number of hydrogen-bond acceptors (Lipinski definition) is 3. The molecule has 5 nitrogen and oxygen atoms in total. The Bertz CT molecular complexity index is 524. The van der Waals surface area contributed by atoms with Gasteiger partial charge in [-0.15, -0.1) is 0 Å². The summed E-state index contributed by atoms with van der Waals surface area (Å²) in [5.74, 6) is -1.05. The number of esters is 1. The van der Waals surface area contributed by atoms with Gasteiger partial charge in [-0.05, 0) is 12.8 Å². The Kier molecular flexibility index (Phi) is 6.45. The summed E-state index contributed by atoms with van der Waals surface area (Å²) >= 11 is 0. The topological polar surface area (TPSA) is 60.3 Å². The van der Waals surface area contributed by atoms with Crippen LogP contribution < -0.4 is 5.32 Å². The van der Waals surface area contributed by atoms with E-state index in [-0.39, 0.29) is 18.1 Å². The fourth-order valence-corrected chi connectivity index (χ4v) is 1.96. The van der Waals surface area contributed by atoms with E-state index >= 15 is 0 Å². The molecule has 1 N–H and O–H groups in total. The number of unbranched alkanes of at least 4 members (excludes halogenated alkanes) is 2. The summed E-state index contributed by atoms with van der Waals surface area (Å²) in [5, 5.41) is 2.46. The van der Waals surface area contributed by atoms with Crippen LogP contribution >= 0.6 is 0 Å². The van der Waals surface area contributed by atoms with Crippen molar-refractivity contribution in [2.24, 2.45) is 7.05 Å². The summed E-state index contributed by atoms with van der Waals surface area (Å²) in [7, 11) is 2.74. The quantitative estimate of drug-likeness (QED) is 0.620. The van der Waals surface area contributed by atoms with Gasteiger partial charge in [-0.1, -0.05) is 6.42 Å². The fourth-order valence-electron chi connectivity index (χ4n) is 1.96. The van der Waals surface area contributed by atoms with Crippen molar-refractivity contribution in [2.75, 3.05) is 13.7 Å². The minimum atomic E-state index is -4.56. The molecule has 1 aromatic heterocycles. The lowest BCUT2D eigenvalue weighted by Crippen LogP contribution is -2.26. The van der Waals surface area contributed by atoms with Gasteiger partial charge in [0, 0.05) is 32.4 Å². The molecule has 8 heteroatoms.